The second kappa shape index (κ2) is 12.1. The van der Waals surface area contributed by atoms with Gasteiger partial charge in [-0.2, -0.15) is 0 Å². The van der Waals surface area contributed by atoms with Gasteiger partial charge >= 0.3 is 17.9 Å². The number of carbonyl (C=O) groups excluding carboxylic acids is 3. The Labute approximate surface area is 155 Å². The van der Waals surface area contributed by atoms with E-state index in [-0.39, 0.29) is 22.7 Å². The van der Waals surface area contributed by atoms with Crippen LogP contribution in [-0.4, -0.2) is 31.1 Å². The minimum atomic E-state index is -0.473. The molecule has 0 radical (unpaired) electrons. The molecule has 26 heavy (non-hydrogen) atoms. The van der Waals surface area contributed by atoms with Crippen LogP contribution in [0.5, 0.6) is 5.75 Å². The van der Waals surface area contributed by atoms with E-state index in [2.05, 4.69) is 0 Å². The van der Waals surface area contributed by atoms with Crippen LogP contribution < -0.4 is 4.74 Å². The minimum absolute atomic E-state index is 0.116. The summed E-state index contributed by atoms with van der Waals surface area (Å²) in [6.45, 7) is 11.6. The quantitative estimate of drug-likeness (QED) is 0.555. The van der Waals surface area contributed by atoms with Crippen LogP contribution in [0.1, 0.15) is 64.7 Å². The van der Waals surface area contributed by atoms with Crippen LogP contribution in [0.25, 0.3) is 0 Å². The van der Waals surface area contributed by atoms with Crippen molar-refractivity contribution in [1.29, 1.82) is 0 Å². The Balaban J connectivity index is 0.000000541. The second-order valence-corrected chi connectivity index (χ2v) is 6.61. The number of ether oxygens (including phenoxy) is 3. The molecule has 0 aliphatic heterocycles. The Morgan fingerprint density at radius 1 is 0.923 bits per heavy atom. The van der Waals surface area contributed by atoms with E-state index in [1.165, 1.54) is 6.92 Å². The molecule has 0 amide bonds. The van der Waals surface area contributed by atoms with Gasteiger partial charge < -0.3 is 14.2 Å². The van der Waals surface area contributed by atoms with Crippen molar-refractivity contribution in [3.05, 3.63) is 29.8 Å². The first-order valence-corrected chi connectivity index (χ1v) is 8.75. The third-order valence-electron chi connectivity index (χ3n) is 2.85. The van der Waals surface area contributed by atoms with Crippen LogP contribution in [0.15, 0.2) is 24.3 Å². The maximum atomic E-state index is 11.6. The molecule has 0 spiro atoms. The molecule has 0 atom stereocenters. The fraction of sp³-hybridized carbons (Fsp3) is 0.550. The Hall–Kier alpha value is -2.37. The summed E-state index contributed by atoms with van der Waals surface area (Å²) in [4.78, 5) is 33.4. The third kappa shape index (κ3) is 9.81. The van der Waals surface area contributed by atoms with Gasteiger partial charge in [0.15, 0.2) is 0 Å². The lowest BCUT2D eigenvalue weighted by Crippen LogP contribution is -2.23. The lowest BCUT2D eigenvalue weighted by molar-refractivity contribution is -0.152. The minimum Gasteiger partial charge on any atom is -0.465 e. The van der Waals surface area contributed by atoms with Crippen molar-refractivity contribution in [2.24, 2.45) is 5.41 Å². The fourth-order valence-corrected chi connectivity index (χ4v) is 1.56. The molecule has 0 aliphatic carbocycles. The van der Waals surface area contributed by atoms with E-state index in [1.807, 2.05) is 34.6 Å². The molecule has 1 aromatic rings. The zero-order valence-corrected chi connectivity index (χ0v) is 16.6. The standard InChI is InChI=1S/C12H14O4.C8H16O2/c1-3-8-15-12(14)10-6-4-5-7-11(10)16-9(2)13;1-5-6-10-7(9)8(2,3)4/h4-7H,3,8H2,1-2H3;5-6H2,1-4H3. The molecule has 0 aromatic heterocycles. The number of para-hydroxylation sites is 1. The van der Waals surface area contributed by atoms with Crippen LogP contribution in [0.3, 0.4) is 0 Å². The normalized spacial score (nSPS) is 10.2. The highest BCUT2D eigenvalue weighted by atomic mass is 16.5. The molecule has 146 valence electrons. The maximum absolute atomic E-state index is 11.6. The van der Waals surface area contributed by atoms with Crippen molar-refractivity contribution in [2.45, 2.75) is 54.4 Å². The Kier molecular flexibility index (Phi) is 11.0. The molecule has 0 saturated heterocycles. The predicted molar refractivity (Wildman–Crippen MR) is 99.0 cm³/mol. The van der Waals surface area contributed by atoms with Crippen LogP contribution in [0.2, 0.25) is 0 Å². The van der Waals surface area contributed by atoms with E-state index in [1.54, 1.807) is 24.3 Å². The summed E-state index contributed by atoms with van der Waals surface area (Å²) < 4.78 is 14.8. The number of esters is 3. The summed E-state index contributed by atoms with van der Waals surface area (Å²) in [5.41, 5.74) is -0.0824. The smallest absolute Gasteiger partial charge is 0.341 e. The lowest BCUT2D eigenvalue weighted by Gasteiger charge is -2.15. The highest BCUT2D eigenvalue weighted by Gasteiger charge is 2.22. The highest BCUT2D eigenvalue weighted by Crippen LogP contribution is 2.19. The number of benzene rings is 1. The molecule has 0 bridgehead atoms. The molecule has 6 heteroatoms. The van der Waals surface area contributed by atoms with Crippen molar-refractivity contribution in [3.8, 4) is 5.75 Å². The van der Waals surface area contributed by atoms with Gasteiger partial charge in [0.25, 0.3) is 0 Å². The van der Waals surface area contributed by atoms with Gasteiger partial charge in [0, 0.05) is 6.92 Å². The number of rotatable bonds is 6. The summed E-state index contributed by atoms with van der Waals surface area (Å²) in [5.74, 6) is -0.820. The topological polar surface area (TPSA) is 78.9 Å². The number of carbonyl (C=O) groups is 3. The second-order valence-electron chi connectivity index (χ2n) is 6.61. The molecular weight excluding hydrogens is 336 g/mol. The van der Waals surface area contributed by atoms with Gasteiger partial charge in [-0.1, -0.05) is 26.0 Å². The first-order valence-electron chi connectivity index (χ1n) is 8.75. The molecule has 6 nitrogen and oxygen atoms in total. The number of hydrogen-bond acceptors (Lipinski definition) is 6. The van der Waals surface area contributed by atoms with Gasteiger partial charge in [0.1, 0.15) is 11.3 Å². The van der Waals surface area contributed by atoms with E-state index in [4.69, 9.17) is 14.2 Å². The summed E-state index contributed by atoms with van der Waals surface area (Å²) in [7, 11) is 0. The SMILES string of the molecule is CCCOC(=O)C(C)(C)C.CCCOC(=O)c1ccccc1OC(C)=O. The first-order chi connectivity index (χ1) is 12.1. The largest absolute Gasteiger partial charge is 0.465 e. The maximum Gasteiger partial charge on any atom is 0.341 e. The lowest BCUT2D eigenvalue weighted by atomic mass is 9.97. The van der Waals surface area contributed by atoms with Crippen LogP contribution in [0.4, 0.5) is 0 Å². The molecule has 0 heterocycles. The van der Waals surface area contributed by atoms with Crippen molar-refractivity contribution in [2.75, 3.05) is 13.2 Å². The highest BCUT2D eigenvalue weighted by molar-refractivity contribution is 5.93. The molecule has 0 saturated carbocycles. The average molecular weight is 366 g/mol. The molecule has 0 aliphatic rings. The third-order valence-corrected chi connectivity index (χ3v) is 2.85. The average Bonchev–Trinajstić information content (AvgIpc) is 2.57. The molecule has 1 rings (SSSR count). The molecule has 1 aromatic carbocycles. The van der Waals surface area contributed by atoms with Gasteiger partial charge in [-0.15, -0.1) is 0 Å². The van der Waals surface area contributed by atoms with E-state index in [0.29, 0.717) is 13.2 Å². The van der Waals surface area contributed by atoms with Crippen molar-refractivity contribution in [1.82, 2.24) is 0 Å². The van der Waals surface area contributed by atoms with Crippen LogP contribution in [0, 0.1) is 5.41 Å². The van der Waals surface area contributed by atoms with Gasteiger partial charge in [0.2, 0.25) is 0 Å². The molecule has 0 N–H and O–H groups in total. The van der Waals surface area contributed by atoms with Crippen molar-refractivity contribution < 1.29 is 28.6 Å². The predicted octanol–water partition coefficient (Wildman–Crippen LogP) is 4.16. The Morgan fingerprint density at radius 2 is 1.46 bits per heavy atom. The van der Waals surface area contributed by atoms with E-state index < -0.39 is 11.9 Å². The monoisotopic (exact) mass is 366 g/mol. The van der Waals surface area contributed by atoms with Gasteiger partial charge in [0.05, 0.1) is 18.6 Å². The fourth-order valence-electron chi connectivity index (χ4n) is 1.56. The molecular formula is C20H30O6. The summed E-state index contributed by atoms with van der Waals surface area (Å²) >= 11 is 0. The summed E-state index contributed by atoms with van der Waals surface area (Å²) in [5, 5.41) is 0. The van der Waals surface area contributed by atoms with Crippen molar-refractivity contribution >= 4 is 17.9 Å². The van der Waals surface area contributed by atoms with Crippen molar-refractivity contribution in [3.63, 3.8) is 0 Å². The van der Waals surface area contributed by atoms with Gasteiger partial charge in [-0.3, -0.25) is 9.59 Å². The van der Waals surface area contributed by atoms with E-state index in [0.717, 1.165) is 12.8 Å². The van der Waals surface area contributed by atoms with Gasteiger partial charge in [-0.05, 0) is 45.7 Å². The van der Waals surface area contributed by atoms with Crippen LogP contribution in [-0.2, 0) is 19.1 Å². The Bertz CT molecular complexity index is 586. The van der Waals surface area contributed by atoms with E-state index in [9.17, 15) is 14.4 Å². The molecule has 0 unspecified atom stereocenters. The summed E-state index contributed by atoms with van der Waals surface area (Å²) in [6.07, 6.45) is 1.64. The Morgan fingerprint density at radius 3 is 1.96 bits per heavy atom. The first kappa shape index (κ1) is 23.6. The van der Waals surface area contributed by atoms with Gasteiger partial charge in [-0.25, -0.2) is 4.79 Å². The zero-order chi connectivity index (χ0) is 20.2. The van der Waals surface area contributed by atoms with E-state index >= 15 is 0 Å². The zero-order valence-electron chi connectivity index (χ0n) is 16.6. The summed E-state index contributed by atoms with van der Waals surface area (Å²) in [6, 6.07) is 6.50. The number of hydrogen-bond donors (Lipinski definition) is 0. The molecule has 0 fully saturated rings. The van der Waals surface area contributed by atoms with Crippen LogP contribution >= 0.6 is 0 Å².